The summed E-state index contributed by atoms with van der Waals surface area (Å²) < 4.78 is 38.6. The number of rotatable bonds is 6. The first kappa shape index (κ1) is 21.9. The fourth-order valence-electron chi connectivity index (χ4n) is 3.25. The van der Waals surface area contributed by atoms with E-state index in [-0.39, 0.29) is 12.1 Å². The lowest BCUT2D eigenvalue weighted by molar-refractivity contribution is 0.0597. The van der Waals surface area contributed by atoms with Gasteiger partial charge in [-0.3, -0.25) is 0 Å². The summed E-state index contributed by atoms with van der Waals surface area (Å²) in [4.78, 5) is 12.2. The summed E-state index contributed by atoms with van der Waals surface area (Å²) >= 11 is 0. The molecule has 0 amide bonds. The van der Waals surface area contributed by atoms with Crippen molar-refractivity contribution in [3.05, 3.63) is 57.1 Å². The number of sulfonamides is 1. The van der Waals surface area contributed by atoms with Crippen molar-refractivity contribution in [3.63, 3.8) is 0 Å². The Morgan fingerprint density at radius 2 is 1.46 bits per heavy atom. The average molecular weight is 406 g/mol. The quantitative estimate of drug-likeness (QED) is 0.744. The normalized spacial score (nSPS) is 11.4. The minimum Gasteiger partial charge on any atom is -0.496 e. The van der Waals surface area contributed by atoms with E-state index in [2.05, 4.69) is 4.72 Å². The van der Waals surface area contributed by atoms with Gasteiger partial charge in [-0.2, -0.15) is 0 Å². The Bertz CT molecular complexity index is 997. The summed E-state index contributed by atoms with van der Waals surface area (Å²) in [6.07, 6.45) is 0. The van der Waals surface area contributed by atoms with Crippen LogP contribution in [0.2, 0.25) is 0 Å². The molecule has 2 rings (SSSR count). The Labute approximate surface area is 166 Å². The molecule has 1 N–H and O–H groups in total. The Kier molecular flexibility index (Phi) is 6.52. The molecule has 28 heavy (non-hydrogen) atoms. The number of esters is 1. The number of methoxy groups -OCH3 is 2. The van der Waals surface area contributed by atoms with Gasteiger partial charge in [-0.1, -0.05) is 6.07 Å². The van der Waals surface area contributed by atoms with Gasteiger partial charge in [0, 0.05) is 6.54 Å². The van der Waals surface area contributed by atoms with Crippen LogP contribution in [0, 0.1) is 34.6 Å². The maximum absolute atomic E-state index is 13.0. The number of hydrogen-bond donors (Lipinski definition) is 1. The van der Waals surface area contributed by atoms with Gasteiger partial charge in [-0.15, -0.1) is 0 Å². The van der Waals surface area contributed by atoms with E-state index in [0.717, 1.165) is 27.8 Å². The minimum atomic E-state index is -3.73. The van der Waals surface area contributed by atoms with E-state index >= 15 is 0 Å². The molecule has 152 valence electrons. The van der Waals surface area contributed by atoms with E-state index in [9.17, 15) is 13.2 Å². The molecule has 0 spiro atoms. The second kappa shape index (κ2) is 8.32. The third kappa shape index (κ3) is 4.05. The van der Waals surface area contributed by atoms with Crippen molar-refractivity contribution in [1.29, 1.82) is 0 Å². The summed E-state index contributed by atoms with van der Waals surface area (Å²) in [5.41, 5.74) is 5.42. The van der Waals surface area contributed by atoms with Crippen molar-refractivity contribution >= 4 is 16.0 Å². The lowest BCUT2D eigenvalue weighted by atomic mass is 9.95. The molecule has 2 aromatic carbocycles. The molecule has 0 aromatic heterocycles. The van der Waals surface area contributed by atoms with E-state index in [1.807, 2.05) is 34.6 Å². The van der Waals surface area contributed by atoms with Crippen LogP contribution in [0.3, 0.4) is 0 Å². The van der Waals surface area contributed by atoms with Crippen LogP contribution in [0.25, 0.3) is 0 Å². The number of hydrogen-bond acceptors (Lipinski definition) is 5. The van der Waals surface area contributed by atoms with Crippen LogP contribution in [-0.2, 0) is 21.3 Å². The number of carbonyl (C=O) groups excluding carboxylic acids is 1. The summed E-state index contributed by atoms with van der Waals surface area (Å²) in [6, 6.07) is 4.89. The first-order chi connectivity index (χ1) is 13.0. The number of nitrogens with one attached hydrogen (secondary N) is 1. The van der Waals surface area contributed by atoms with Crippen LogP contribution >= 0.6 is 0 Å². The molecule has 6 nitrogen and oxygen atoms in total. The smallest absolute Gasteiger partial charge is 0.341 e. The molecule has 0 fully saturated rings. The van der Waals surface area contributed by atoms with E-state index < -0.39 is 16.0 Å². The number of benzene rings is 2. The molecule has 0 aliphatic heterocycles. The second-order valence-electron chi connectivity index (χ2n) is 6.80. The minimum absolute atomic E-state index is 0.0428. The zero-order chi connectivity index (χ0) is 21.2. The third-order valence-electron chi connectivity index (χ3n) is 5.34. The first-order valence-corrected chi connectivity index (χ1v) is 10.3. The Balaban J connectivity index is 2.39. The van der Waals surface area contributed by atoms with Crippen molar-refractivity contribution < 1.29 is 22.7 Å². The molecular weight excluding hydrogens is 378 g/mol. The fraction of sp³-hybridized carbons (Fsp3) is 0.381. The fourth-order valence-corrected chi connectivity index (χ4v) is 4.87. The van der Waals surface area contributed by atoms with Gasteiger partial charge in [0.15, 0.2) is 0 Å². The maximum Gasteiger partial charge on any atom is 0.341 e. The molecule has 2 aromatic rings. The molecule has 0 radical (unpaired) electrons. The summed E-state index contributed by atoms with van der Waals surface area (Å²) in [7, 11) is -0.995. The molecule has 0 unspecified atom stereocenters. The first-order valence-electron chi connectivity index (χ1n) is 8.87. The number of ether oxygens (including phenoxy) is 2. The van der Waals surface area contributed by atoms with E-state index in [1.165, 1.54) is 14.2 Å². The lowest BCUT2D eigenvalue weighted by Crippen LogP contribution is -2.26. The van der Waals surface area contributed by atoms with Crippen LogP contribution in [0.15, 0.2) is 23.1 Å². The Morgan fingerprint density at radius 1 is 0.929 bits per heavy atom. The van der Waals surface area contributed by atoms with E-state index in [1.54, 1.807) is 18.2 Å². The lowest BCUT2D eigenvalue weighted by Gasteiger charge is -2.19. The molecule has 0 bridgehead atoms. The van der Waals surface area contributed by atoms with Crippen LogP contribution in [0.5, 0.6) is 5.75 Å². The molecule has 0 saturated heterocycles. The summed E-state index contributed by atoms with van der Waals surface area (Å²) in [5.74, 6) is -0.173. The van der Waals surface area contributed by atoms with E-state index in [0.29, 0.717) is 16.2 Å². The largest absolute Gasteiger partial charge is 0.496 e. The van der Waals surface area contributed by atoms with Gasteiger partial charge in [0.25, 0.3) is 0 Å². The van der Waals surface area contributed by atoms with Gasteiger partial charge in [-0.05, 0) is 80.1 Å². The Morgan fingerprint density at radius 3 is 1.96 bits per heavy atom. The van der Waals surface area contributed by atoms with Gasteiger partial charge in [-0.25, -0.2) is 17.9 Å². The van der Waals surface area contributed by atoms with Crippen molar-refractivity contribution in [3.8, 4) is 5.75 Å². The topological polar surface area (TPSA) is 81.7 Å². The monoisotopic (exact) mass is 405 g/mol. The highest BCUT2D eigenvalue weighted by Gasteiger charge is 2.23. The molecular formula is C21H27NO5S. The number of carbonyl (C=O) groups is 1. The SMILES string of the molecule is COC(=O)c1cc(CNS(=O)(=O)c2c(C)c(C)c(C)c(C)c2C)ccc1OC. The molecule has 0 saturated carbocycles. The standard InChI is InChI=1S/C21H27NO5S/c1-12-13(2)15(4)20(16(5)14(12)3)28(24,25)22-11-17-8-9-19(26-6)18(10-17)21(23)27-7/h8-10,22H,11H2,1-7H3. The van der Waals surface area contributed by atoms with Crippen molar-refractivity contribution in [2.24, 2.45) is 0 Å². The zero-order valence-corrected chi connectivity index (χ0v) is 18.2. The third-order valence-corrected chi connectivity index (χ3v) is 7.01. The molecule has 7 heteroatoms. The van der Waals surface area contributed by atoms with Crippen LogP contribution < -0.4 is 9.46 Å². The molecule has 0 aliphatic carbocycles. The van der Waals surface area contributed by atoms with Gasteiger partial charge in [0.05, 0.1) is 19.1 Å². The maximum atomic E-state index is 13.0. The van der Waals surface area contributed by atoms with Crippen LogP contribution in [0.1, 0.15) is 43.7 Å². The van der Waals surface area contributed by atoms with Crippen molar-refractivity contribution in [1.82, 2.24) is 4.72 Å². The van der Waals surface area contributed by atoms with Gasteiger partial charge in [0.1, 0.15) is 11.3 Å². The van der Waals surface area contributed by atoms with Gasteiger partial charge in [0.2, 0.25) is 10.0 Å². The van der Waals surface area contributed by atoms with Gasteiger partial charge >= 0.3 is 5.97 Å². The highest BCUT2D eigenvalue weighted by molar-refractivity contribution is 7.89. The zero-order valence-electron chi connectivity index (χ0n) is 17.4. The average Bonchev–Trinajstić information content (AvgIpc) is 2.68. The van der Waals surface area contributed by atoms with E-state index in [4.69, 9.17) is 9.47 Å². The van der Waals surface area contributed by atoms with Crippen LogP contribution in [-0.4, -0.2) is 28.6 Å². The second-order valence-corrected chi connectivity index (χ2v) is 8.51. The van der Waals surface area contributed by atoms with Crippen molar-refractivity contribution in [2.45, 2.75) is 46.1 Å². The predicted molar refractivity (Wildman–Crippen MR) is 108 cm³/mol. The molecule has 0 atom stereocenters. The van der Waals surface area contributed by atoms with Crippen molar-refractivity contribution in [2.75, 3.05) is 14.2 Å². The predicted octanol–water partition coefficient (Wildman–Crippen LogP) is 3.50. The summed E-state index contributed by atoms with van der Waals surface area (Å²) in [6.45, 7) is 9.56. The highest BCUT2D eigenvalue weighted by Crippen LogP contribution is 2.29. The highest BCUT2D eigenvalue weighted by atomic mass is 32.2. The Hall–Kier alpha value is -2.38. The van der Waals surface area contributed by atoms with Crippen LogP contribution in [0.4, 0.5) is 0 Å². The summed E-state index contributed by atoms with van der Waals surface area (Å²) in [5, 5.41) is 0. The molecule has 0 aliphatic rings. The molecule has 0 heterocycles. The van der Waals surface area contributed by atoms with Gasteiger partial charge < -0.3 is 9.47 Å².